The quantitative estimate of drug-likeness (QED) is 0.209. The second-order valence-corrected chi connectivity index (χ2v) is 11.3. The Morgan fingerprint density at radius 3 is 2.55 bits per heavy atom. The van der Waals surface area contributed by atoms with Crippen LogP contribution in [0, 0.1) is 0 Å². The summed E-state index contributed by atoms with van der Waals surface area (Å²) in [5.41, 5.74) is 4.35. The standard InChI is InChI=1S/C30H37N5O2S/c1-4-34(5-2)16-7-6-8-27(36)23-13-14-26-28(18-23)38-30-32-25(20-35(26)30)21-9-11-22(12-10-21)29(37)31-24-15-17-33(3)19-24/h9-14,18,20,24H,4-8,15-17,19H2,1-3H3,(H,31,37). The van der Waals surface area contributed by atoms with Crippen LogP contribution in [0.2, 0.25) is 0 Å². The highest BCUT2D eigenvalue weighted by atomic mass is 32.1. The molecule has 8 heteroatoms. The van der Waals surface area contributed by atoms with Gasteiger partial charge >= 0.3 is 0 Å². The van der Waals surface area contributed by atoms with E-state index in [1.165, 1.54) is 0 Å². The van der Waals surface area contributed by atoms with Gasteiger partial charge in [0, 0.05) is 41.9 Å². The summed E-state index contributed by atoms with van der Waals surface area (Å²) < 4.78 is 3.16. The third-order valence-corrected chi connectivity index (χ3v) is 8.63. The number of carbonyl (C=O) groups is 2. The average Bonchev–Trinajstić information content (AvgIpc) is 3.62. The van der Waals surface area contributed by atoms with Gasteiger partial charge in [0.2, 0.25) is 0 Å². The van der Waals surface area contributed by atoms with Crippen LogP contribution in [-0.4, -0.2) is 76.7 Å². The molecule has 0 radical (unpaired) electrons. The molecule has 3 heterocycles. The van der Waals surface area contributed by atoms with Gasteiger partial charge in [0.05, 0.1) is 15.9 Å². The Morgan fingerprint density at radius 1 is 1.08 bits per heavy atom. The molecule has 5 rings (SSSR count). The first-order valence-electron chi connectivity index (χ1n) is 13.7. The summed E-state index contributed by atoms with van der Waals surface area (Å²) in [7, 11) is 2.08. The number of nitrogens with zero attached hydrogens (tertiary/aromatic N) is 4. The predicted octanol–water partition coefficient (Wildman–Crippen LogP) is 5.34. The second-order valence-electron chi connectivity index (χ2n) is 10.3. The highest BCUT2D eigenvalue weighted by Gasteiger charge is 2.21. The number of likely N-dealkylation sites (tertiary alicyclic amines) is 1. The Balaban J connectivity index is 1.24. The van der Waals surface area contributed by atoms with Crippen LogP contribution in [0.25, 0.3) is 26.4 Å². The summed E-state index contributed by atoms with van der Waals surface area (Å²) in [6, 6.07) is 13.9. The zero-order chi connectivity index (χ0) is 26.6. The van der Waals surface area contributed by atoms with Crippen molar-refractivity contribution in [2.24, 2.45) is 0 Å². The summed E-state index contributed by atoms with van der Waals surface area (Å²) in [5, 5.41) is 3.13. The molecule has 1 aliphatic rings. The van der Waals surface area contributed by atoms with Gasteiger partial charge in [-0.15, -0.1) is 0 Å². The van der Waals surface area contributed by atoms with Crippen molar-refractivity contribution in [3.8, 4) is 11.3 Å². The number of fused-ring (bicyclic) bond motifs is 3. The van der Waals surface area contributed by atoms with Gasteiger partial charge in [0.25, 0.3) is 5.91 Å². The van der Waals surface area contributed by atoms with Crippen molar-refractivity contribution in [3.63, 3.8) is 0 Å². The SMILES string of the molecule is CCN(CC)CCCCC(=O)c1ccc2c(c1)sc1nc(-c3ccc(C(=O)NC4CCN(C)C4)cc3)cn12. The lowest BCUT2D eigenvalue weighted by Crippen LogP contribution is -2.36. The number of thiazole rings is 1. The molecule has 0 aliphatic carbocycles. The molecular formula is C30H37N5O2S. The Labute approximate surface area is 228 Å². The van der Waals surface area contributed by atoms with Crippen LogP contribution < -0.4 is 5.32 Å². The van der Waals surface area contributed by atoms with Crippen molar-refractivity contribution >= 4 is 38.2 Å². The van der Waals surface area contributed by atoms with Crippen LogP contribution in [0.15, 0.2) is 48.7 Å². The van der Waals surface area contributed by atoms with Gasteiger partial charge in [-0.25, -0.2) is 4.98 Å². The first-order valence-corrected chi connectivity index (χ1v) is 14.5. The van der Waals surface area contributed by atoms with Gasteiger partial charge in [0.15, 0.2) is 10.7 Å². The molecule has 38 heavy (non-hydrogen) atoms. The fraction of sp³-hybridized carbons (Fsp3) is 0.433. The Kier molecular flexibility index (Phi) is 8.21. The lowest BCUT2D eigenvalue weighted by Gasteiger charge is -2.17. The molecular weight excluding hydrogens is 494 g/mol. The summed E-state index contributed by atoms with van der Waals surface area (Å²) in [5.74, 6) is 0.185. The third kappa shape index (κ3) is 5.82. The highest BCUT2D eigenvalue weighted by Crippen LogP contribution is 2.30. The second kappa shape index (κ2) is 11.8. The number of aromatic nitrogens is 2. The van der Waals surface area contributed by atoms with E-state index < -0.39 is 0 Å². The van der Waals surface area contributed by atoms with Crippen LogP contribution in [0.3, 0.4) is 0 Å². The Morgan fingerprint density at radius 2 is 1.84 bits per heavy atom. The van der Waals surface area contributed by atoms with E-state index in [1.807, 2.05) is 48.7 Å². The molecule has 1 saturated heterocycles. The number of imidazole rings is 1. The fourth-order valence-electron chi connectivity index (χ4n) is 5.23. The predicted molar refractivity (Wildman–Crippen MR) is 155 cm³/mol. The molecule has 1 amide bonds. The zero-order valence-corrected chi connectivity index (χ0v) is 23.4. The van der Waals surface area contributed by atoms with Gasteiger partial charge in [-0.2, -0.15) is 0 Å². The highest BCUT2D eigenvalue weighted by molar-refractivity contribution is 7.23. The van der Waals surface area contributed by atoms with Crippen molar-refractivity contribution in [1.82, 2.24) is 24.5 Å². The van der Waals surface area contributed by atoms with E-state index in [0.717, 1.165) is 84.0 Å². The largest absolute Gasteiger partial charge is 0.348 e. The molecule has 0 bridgehead atoms. The number of hydrogen-bond donors (Lipinski definition) is 1. The molecule has 1 aliphatic heterocycles. The number of amides is 1. The molecule has 1 fully saturated rings. The molecule has 1 N–H and O–H groups in total. The molecule has 2 aromatic heterocycles. The normalized spacial score (nSPS) is 16.2. The fourth-order valence-corrected chi connectivity index (χ4v) is 6.28. The van der Waals surface area contributed by atoms with Crippen LogP contribution in [-0.2, 0) is 0 Å². The molecule has 0 saturated carbocycles. The minimum atomic E-state index is -0.0251. The van der Waals surface area contributed by atoms with Crippen molar-refractivity contribution < 1.29 is 9.59 Å². The number of benzene rings is 2. The molecule has 200 valence electrons. The van der Waals surface area contributed by atoms with E-state index in [2.05, 4.69) is 40.4 Å². The van der Waals surface area contributed by atoms with Crippen LogP contribution in [0.5, 0.6) is 0 Å². The topological polar surface area (TPSA) is 70.0 Å². The summed E-state index contributed by atoms with van der Waals surface area (Å²) in [4.78, 5) is 35.8. The summed E-state index contributed by atoms with van der Waals surface area (Å²) in [6.45, 7) is 9.45. The Bertz CT molecular complexity index is 1420. The van der Waals surface area contributed by atoms with Crippen molar-refractivity contribution in [1.29, 1.82) is 0 Å². The number of carbonyl (C=O) groups excluding carboxylic acids is 2. The number of likely N-dealkylation sites (N-methyl/N-ethyl adjacent to an activating group) is 1. The summed E-state index contributed by atoms with van der Waals surface area (Å²) in [6.07, 6.45) is 5.58. The zero-order valence-electron chi connectivity index (χ0n) is 22.6. The monoisotopic (exact) mass is 531 g/mol. The number of ketones is 1. The summed E-state index contributed by atoms with van der Waals surface area (Å²) >= 11 is 1.60. The van der Waals surface area contributed by atoms with E-state index in [-0.39, 0.29) is 17.7 Å². The first kappa shape index (κ1) is 26.5. The number of Topliss-reactive ketones (excluding diaryl/α,β-unsaturated/α-hetero) is 1. The van der Waals surface area contributed by atoms with Crippen molar-refractivity contribution in [2.75, 3.05) is 39.8 Å². The lowest BCUT2D eigenvalue weighted by molar-refractivity contribution is 0.0937. The van der Waals surface area contributed by atoms with Crippen LogP contribution in [0.4, 0.5) is 0 Å². The maximum atomic E-state index is 12.8. The van der Waals surface area contributed by atoms with Crippen LogP contribution >= 0.6 is 11.3 Å². The minimum absolute atomic E-state index is 0.0251. The van der Waals surface area contributed by atoms with Crippen LogP contribution in [0.1, 0.15) is 60.2 Å². The van der Waals surface area contributed by atoms with E-state index in [1.54, 1.807) is 11.3 Å². The molecule has 2 aromatic carbocycles. The van der Waals surface area contributed by atoms with E-state index in [4.69, 9.17) is 4.98 Å². The van der Waals surface area contributed by atoms with Gasteiger partial charge in [-0.1, -0.05) is 37.3 Å². The van der Waals surface area contributed by atoms with Crippen molar-refractivity contribution in [3.05, 3.63) is 59.8 Å². The maximum Gasteiger partial charge on any atom is 0.251 e. The number of nitrogens with one attached hydrogen (secondary N) is 1. The van der Waals surface area contributed by atoms with Gasteiger partial charge in [-0.05, 0) is 82.8 Å². The first-order chi connectivity index (χ1) is 18.4. The lowest BCUT2D eigenvalue weighted by atomic mass is 10.1. The number of rotatable bonds is 11. The number of unbranched alkanes of at least 4 members (excludes halogenated alkanes) is 1. The Hall–Kier alpha value is -3.07. The van der Waals surface area contributed by atoms with E-state index >= 15 is 0 Å². The molecule has 1 unspecified atom stereocenters. The number of hydrogen-bond acceptors (Lipinski definition) is 6. The molecule has 1 atom stereocenters. The molecule has 4 aromatic rings. The average molecular weight is 532 g/mol. The third-order valence-electron chi connectivity index (χ3n) is 7.61. The molecule has 7 nitrogen and oxygen atoms in total. The van der Waals surface area contributed by atoms with Crippen molar-refractivity contribution in [2.45, 2.75) is 45.6 Å². The van der Waals surface area contributed by atoms with Gasteiger partial charge in [-0.3, -0.25) is 14.0 Å². The minimum Gasteiger partial charge on any atom is -0.348 e. The molecule has 0 spiro atoms. The smallest absolute Gasteiger partial charge is 0.251 e. The van der Waals surface area contributed by atoms with Gasteiger partial charge < -0.3 is 15.1 Å². The van der Waals surface area contributed by atoms with Gasteiger partial charge in [0.1, 0.15) is 0 Å². The van der Waals surface area contributed by atoms with E-state index in [0.29, 0.717) is 12.0 Å². The maximum absolute atomic E-state index is 12.8. The van der Waals surface area contributed by atoms with E-state index in [9.17, 15) is 9.59 Å².